The number of carbonyl (C=O) groups is 2. The molecule has 8 heteroatoms. The van der Waals surface area contributed by atoms with Crippen LogP contribution in [0.15, 0.2) is 36.9 Å². The van der Waals surface area contributed by atoms with Gasteiger partial charge in [0.15, 0.2) is 0 Å². The Kier molecular flexibility index (Phi) is 4.99. The van der Waals surface area contributed by atoms with Gasteiger partial charge in [-0.25, -0.2) is 14.5 Å². The van der Waals surface area contributed by atoms with Crippen LogP contribution in [0.5, 0.6) is 0 Å². The molecule has 0 saturated heterocycles. The maximum absolute atomic E-state index is 11.6. The molecule has 0 radical (unpaired) electrons. The van der Waals surface area contributed by atoms with E-state index >= 15 is 0 Å². The molecule has 2 aromatic rings. The van der Waals surface area contributed by atoms with Gasteiger partial charge in [0.2, 0.25) is 5.91 Å². The monoisotopic (exact) mass is 290 g/mol. The Morgan fingerprint density at radius 3 is 2.90 bits per heavy atom. The van der Waals surface area contributed by atoms with Gasteiger partial charge >= 0.3 is 5.97 Å². The van der Waals surface area contributed by atoms with Crippen molar-refractivity contribution < 1.29 is 19.4 Å². The molecule has 1 aromatic heterocycles. The molecule has 1 amide bonds. The number of carboxylic acids is 1. The fourth-order valence-corrected chi connectivity index (χ4v) is 1.68. The van der Waals surface area contributed by atoms with Gasteiger partial charge in [0.1, 0.15) is 25.9 Å². The van der Waals surface area contributed by atoms with Crippen molar-refractivity contribution in [2.45, 2.75) is 6.54 Å². The van der Waals surface area contributed by atoms with E-state index < -0.39 is 18.5 Å². The minimum Gasteiger partial charge on any atom is -0.480 e. The average Bonchev–Trinajstić information content (AvgIpc) is 2.91. The van der Waals surface area contributed by atoms with Gasteiger partial charge in [0.25, 0.3) is 0 Å². The first-order chi connectivity index (χ1) is 10.1. The summed E-state index contributed by atoms with van der Waals surface area (Å²) >= 11 is 0. The quantitative estimate of drug-likeness (QED) is 0.763. The third-order valence-electron chi connectivity index (χ3n) is 2.48. The zero-order valence-electron chi connectivity index (χ0n) is 11.1. The lowest BCUT2D eigenvalue weighted by atomic mass is 10.2. The second-order valence-corrected chi connectivity index (χ2v) is 4.23. The molecule has 110 valence electrons. The van der Waals surface area contributed by atoms with Crippen LogP contribution in [0.25, 0.3) is 0 Å². The maximum atomic E-state index is 11.6. The number of carbonyl (C=O) groups excluding carboxylic acids is 1. The van der Waals surface area contributed by atoms with E-state index in [1.54, 1.807) is 29.2 Å². The van der Waals surface area contributed by atoms with Crippen LogP contribution in [-0.4, -0.2) is 45.0 Å². The second-order valence-electron chi connectivity index (χ2n) is 4.23. The fraction of sp³-hybridized carbons (Fsp3) is 0.231. The molecule has 8 nitrogen and oxygen atoms in total. The van der Waals surface area contributed by atoms with E-state index in [1.165, 1.54) is 6.33 Å². The zero-order valence-corrected chi connectivity index (χ0v) is 11.1. The highest BCUT2D eigenvalue weighted by Crippen LogP contribution is 2.11. The van der Waals surface area contributed by atoms with Crippen molar-refractivity contribution in [2.75, 3.05) is 18.5 Å². The number of benzene rings is 1. The van der Waals surface area contributed by atoms with Crippen LogP contribution < -0.4 is 5.32 Å². The Labute approximate surface area is 120 Å². The molecule has 0 spiro atoms. The Balaban J connectivity index is 1.88. The van der Waals surface area contributed by atoms with Gasteiger partial charge in [-0.3, -0.25) is 4.79 Å². The second kappa shape index (κ2) is 7.15. The lowest BCUT2D eigenvalue weighted by Gasteiger charge is -2.07. The van der Waals surface area contributed by atoms with Crippen molar-refractivity contribution in [1.29, 1.82) is 0 Å². The number of hydrogen-bond donors (Lipinski definition) is 2. The summed E-state index contributed by atoms with van der Waals surface area (Å²) < 4.78 is 6.37. The molecule has 0 atom stereocenters. The van der Waals surface area contributed by atoms with Crippen LogP contribution in [0.2, 0.25) is 0 Å². The number of hydrogen-bond acceptors (Lipinski definition) is 5. The van der Waals surface area contributed by atoms with Crippen LogP contribution in [-0.2, 0) is 20.9 Å². The molecular weight excluding hydrogens is 276 g/mol. The molecule has 0 saturated carbocycles. The minimum atomic E-state index is -1.11. The number of anilines is 1. The van der Waals surface area contributed by atoms with Gasteiger partial charge in [0, 0.05) is 5.69 Å². The highest BCUT2D eigenvalue weighted by atomic mass is 16.5. The Bertz CT molecular complexity index is 612. The summed E-state index contributed by atoms with van der Waals surface area (Å²) in [5.41, 5.74) is 1.56. The van der Waals surface area contributed by atoms with E-state index in [2.05, 4.69) is 15.4 Å². The Morgan fingerprint density at radius 1 is 1.33 bits per heavy atom. The number of ether oxygens (including phenoxy) is 1. The van der Waals surface area contributed by atoms with Gasteiger partial charge < -0.3 is 15.2 Å². The number of carboxylic acid groups (broad SMARTS) is 1. The summed E-state index contributed by atoms with van der Waals surface area (Å²) in [6.45, 7) is -0.265. The van der Waals surface area contributed by atoms with Gasteiger partial charge in [-0.15, -0.1) is 0 Å². The van der Waals surface area contributed by atoms with Crippen LogP contribution >= 0.6 is 0 Å². The maximum Gasteiger partial charge on any atom is 0.329 e. The molecule has 0 fully saturated rings. The Hall–Kier alpha value is -2.74. The smallest absolute Gasteiger partial charge is 0.329 e. The number of amides is 1. The van der Waals surface area contributed by atoms with Gasteiger partial charge in [-0.2, -0.15) is 5.10 Å². The van der Waals surface area contributed by atoms with Crippen molar-refractivity contribution >= 4 is 17.6 Å². The Morgan fingerprint density at radius 2 is 2.19 bits per heavy atom. The molecule has 0 unspecified atom stereocenters. The molecule has 0 bridgehead atoms. The van der Waals surface area contributed by atoms with Gasteiger partial charge in [-0.05, 0) is 17.7 Å². The van der Waals surface area contributed by atoms with E-state index in [0.717, 1.165) is 5.56 Å². The molecule has 1 aromatic carbocycles. The summed E-state index contributed by atoms with van der Waals surface area (Å²) in [4.78, 5) is 25.7. The van der Waals surface area contributed by atoms with Gasteiger partial charge in [0.05, 0.1) is 6.54 Å². The summed E-state index contributed by atoms with van der Waals surface area (Å²) in [6, 6.07) is 7.24. The number of rotatable bonds is 7. The topological polar surface area (TPSA) is 106 Å². The van der Waals surface area contributed by atoms with E-state index in [9.17, 15) is 9.59 Å². The first kappa shape index (κ1) is 14.7. The highest BCUT2D eigenvalue weighted by Gasteiger charge is 2.05. The molecule has 0 aliphatic heterocycles. The SMILES string of the molecule is O=C(O)COCC(=O)Nc1cccc(Cn2cncn2)c1. The van der Waals surface area contributed by atoms with Crippen molar-refractivity contribution in [2.24, 2.45) is 0 Å². The fourth-order valence-electron chi connectivity index (χ4n) is 1.68. The van der Waals surface area contributed by atoms with Crippen molar-refractivity contribution in [3.05, 3.63) is 42.5 Å². The molecule has 1 heterocycles. The van der Waals surface area contributed by atoms with E-state index in [1.807, 2.05) is 6.07 Å². The predicted molar refractivity (Wildman–Crippen MR) is 72.7 cm³/mol. The largest absolute Gasteiger partial charge is 0.480 e. The molecule has 0 aliphatic carbocycles. The number of nitrogens with one attached hydrogen (secondary N) is 1. The van der Waals surface area contributed by atoms with E-state index in [4.69, 9.17) is 9.84 Å². The van der Waals surface area contributed by atoms with Crippen LogP contribution in [0, 0.1) is 0 Å². The van der Waals surface area contributed by atoms with Crippen molar-refractivity contribution in [3.8, 4) is 0 Å². The van der Waals surface area contributed by atoms with E-state index in [0.29, 0.717) is 12.2 Å². The first-order valence-electron chi connectivity index (χ1n) is 6.14. The summed E-state index contributed by atoms with van der Waals surface area (Å²) in [5, 5.41) is 15.0. The number of aromatic nitrogens is 3. The minimum absolute atomic E-state index is 0.306. The normalized spacial score (nSPS) is 10.3. The van der Waals surface area contributed by atoms with Crippen molar-refractivity contribution in [3.63, 3.8) is 0 Å². The molecule has 2 N–H and O–H groups in total. The molecule has 21 heavy (non-hydrogen) atoms. The number of nitrogens with zero attached hydrogens (tertiary/aromatic N) is 3. The molecule has 0 aliphatic rings. The predicted octanol–water partition coefficient (Wildman–Crippen LogP) is 0.366. The van der Waals surface area contributed by atoms with Crippen molar-refractivity contribution in [1.82, 2.24) is 14.8 Å². The number of aliphatic carboxylic acids is 1. The summed E-state index contributed by atoms with van der Waals surface area (Å²) in [5.74, 6) is -1.52. The lowest BCUT2D eigenvalue weighted by Crippen LogP contribution is -2.20. The van der Waals surface area contributed by atoms with Gasteiger partial charge in [-0.1, -0.05) is 12.1 Å². The van der Waals surface area contributed by atoms with Crippen LogP contribution in [0.3, 0.4) is 0 Å². The lowest BCUT2D eigenvalue weighted by molar-refractivity contribution is -0.143. The summed E-state index contributed by atoms with van der Waals surface area (Å²) in [7, 11) is 0. The third-order valence-corrected chi connectivity index (χ3v) is 2.48. The molecular formula is C13H14N4O4. The standard InChI is InChI=1S/C13H14N4O4/c18-12(6-21-7-13(19)20)16-11-3-1-2-10(4-11)5-17-9-14-8-15-17/h1-4,8-9H,5-7H2,(H,16,18)(H,19,20). The highest BCUT2D eigenvalue weighted by molar-refractivity contribution is 5.91. The average molecular weight is 290 g/mol. The van der Waals surface area contributed by atoms with Crippen LogP contribution in [0.4, 0.5) is 5.69 Å². The van der Waals surface area contributed by atoms with E-state index in [-0.39, 0.29) is 6.61 Å². The third kappa shape index (κ3) is 5.03. The summed E-state index contributed by atoms with van der Waals surface area (Å²) in [6.07, 6.45) is 3.05. The molecule has 2 rings (SSSR count). The first-order valence-corrected chi connectivity index (χ1v) is 6.14. The van der Waals surface area contributed by atoms with Crippen LogP contribution in [0.1, 0.15) is 5.56 Å². The zero-order chi connectivity index (χ0) is 15.1.